The number of hydrogen-bond donors (Lipinski definition) is 2. The average Bonchev–Trinajstić information content (AvgIpc) is 3.46. The topological polar surface area (TPSA) is 96.7 Å². The molecule has 1 amide bonds. The molecule has 3 aromatic rings. The third kappa shape index (κ3) is 8.47. The fourth-order valence-corrected chi connectivity index (χ4v) is 3.26. The van der Waals surface area contributed by atoms with Crippen LogP contribution in [0.25, 0.3) is 0 Å². The van der Waals surface area contributed by atoms with Crippen molar-refractivity contribution in [1.82, 2.24) is 19.7 Å². The quantitative estimate of drug-likeness (QED) is 0.631. The van der Waals surface area contributed by atoms with Crippen LogP contribution in [0, 0.1) is 6.92 Å². The summed E-state index contributed by atoms with van der Waals surface area (Å²) in [5.74, 6) is 1.57. The molecular weight excluding hydrogens is 374 g/mol. The number of rotatable bonds is 4. The van der Waals surface area contributed by atoms with E-state index < -0.39 is 0 Å². The summed E-state index contributed by atoms with van der Waals surface area (Å²) in [6, 6.07) is 3.40. The first-order valence-electron chi connectivity index (χ1n) is 9.65. The molecule has 0 saturated heterocycles. The van der Waals surface area contributed by atoms with Gasteiger partial charge in [0.2, 0.25) is 5.91 Å². The molecule has 4 rings (SSSR count). The zero-order valence-corrected chi connectivity index (χ0v) is 17.6. The van der Waals surface area contributed by atoms with Crippen LogP contribution < -0.4 is 5.32 Å². The molecule has 2 N–H and O–H groups in total. The summed E-state index contributed by atoms with van der Waals surface area (Å²) in [6.07, 6.45) is 11.2. The lowest BCUT2D eigenvalue weighted by atomic mass is 10.1. The van der Waals surface area contributed by atoms with Gasteiger partial charge in [0, 0.05) is 23.7 Å². The molecule has 1 fully saturated rings. The standard InChI is InChI=1S/C9H10N4O2.C6H9NS.C5H10/c1-6-4-7(15-13-6)5-9(14)11-8-2-3-10-12-8;1-5(2)6-3-7-8-4-6;1-2-4-5-3-1/h2-4H,5H2,1H3,(H2,10,11,12,14);3-5H,1-2H3;1-5H2. The lowest BCUT2D eigenvalue weighted by Gasteiger charge is -1.98. The van der Waals surface area contributed by atoms with Gasteiger partial charge in [0.25, 0.3) is 0 Å². The van der Waals surface area contributed by atoms with Gasteiger partial charge in [-0.05, 0) is 29.9 Å². The van der Waals surface area contributed by atoms with Gasteiger partial charge < -0.3 is 9.84 Å². The van der Waals surface area contributed by atoms with Crippen molar-refractivity contribution in [3.63, 3.8) is 0 Å². The zero-order chi connectivity index (χ0) is 20.2. The van der Waals surface area contributed by atoms with E-state index in [1.807, 2.05) is 6.20 Å². The van der Waals surface area contributed by atoms with E-state index in [2.05, 4.69) is 44.3 Å². The van der Waals surface area contributed by atoms with Crippen molar-refractivity contribution in [2.75, 3.05) is 5.32 Å². The fraction of sp³-hybridized carbons (Fsp3) is 0.500. The largest absolute Gasteiger partial charge is 0.361 e. The Labute approximate surface area is 170 Å². The molecule has 8 heteroatoms. The van der Waals surface area contributed by atoms with Crippen molar-refractivity contribution >= 4 is 23.3 Å². The highest BCUT2D eigenvalue weighted by Gasteiger charge is 2.08. The molecule has 28 heavy (non-hydrogen) atoms. The summed E-state index contributed by atoms with van der Waals surface area (Å²) in [5.41, 5.74) is 2.11. The van der Waals surface area contributed by atoms with Crippen molar-refractivity contribution in [2.24, 2.45) is 0 Å². The van der Waals surface area contributed by atoms with Crippen LogP contribution >= 0.6 is 11.5 Å². The van der Waals surface area contributed by atoms with Gasteiger partial charge in [-0.1, -0.05) is 51.1 Å². The normalized spacial score (nSPS) is 12.7. The molecule has 1 aliphatic carbocycles. The third-order valence-electron chi connectivity index (χ3n) is 4.15. The Morgan fingerprint density at radius 2 is 2.00 bits per heavy atom. The molecule has 0 aromatic carbocycles. The maximum Gasteiger partial charge on any atom is 0.233 e. The Bertz CT molecular complexity index is 770. The van der Waals surface area contributed by atoms with Gasteiger partial charge in [0.15, 0.2) is 0 Å². The second kappa shape index (κ2) is 12.1. The molecule has 1 saturated carbocycles. The monoisotopic (exact) mass is 403 g/mol. The predicted octanol–water partition coefficient (Wildman–Crippen LogP) is 5.10. The highest BCUT2D eigenvalue weighted by atomic mass is 32.1. The van der Waals surface area contributed by atoms with E-state index in [1.54, 1.807) is 25.3 Å². The van der Waals surface area contributed by atoms with Gasteiger partial charge in [-0.3, -0.25) is 9.89 Å². The fourth-order valence-electron chi connectivity index (χ4n) is 2.56. The highest BCUT2D eigenvalue weighted by Crippen LogP contribution is 2.15. The Hall–Kier alpha value is -2.48. The van der Waals surface area contributed by atoms with E-state index in [1.165, 1.54) is 49.2 Å². The van der Waals surface area contributed by atoms with Crippen molar-refractivity contribution < 1.29 is 9.32 Å². The van der Waals surface area contributed by atoms with E-state index in [-0.39, 0.29) is 12.3 Å². The number of H-pyrrole nitrogens is 1. The van der Waals surface area contributed by atoms with Crippen molar-refractivity contribution in [2.45, 2.75) is 65.2 Å². The number of carbonyl (C=O) groups is 1. The summed E-state index contributed by atoms with van der Waals surface area (Å²) >= 11 is 1.52. The van der Waals surface area contributed by atoms with Gasteiger partial charge in [-0.15, -0.1) is 0 Å². The maximum atomic E-state index is 11.4. The van der Waals surface area contributed by atoms with Gasteiger partial charge in [-0.25, -0.2) is 4.37 Å². The molecule has 0 unspecified atom stereocenters. The Balaban J connectivity index is 0.000000179. The molecule has 0 atom stereocenters. The Kier molecular flexibility index (Phi) is 9.41. The SMILES string of the molecule is C1CCCC1.CC(C)c1cnsc1.Cc1cc(CC(=O)Nc2ccn[nH]2)on1. The highest BCUT2D eigenvalue weighted by molar-refractivity contribution is 7.03. The summed E-state index contributed by atoms with van der Waals surface area (Å²) in [5, 5.41) is 14.8. The van der Waals surface area contributed by atoms with Gasteiger partial charge >= 0.3 is 0 Å². The minimum atomic E-state index is -0.171. The van der Waals surface area contributed by atoms with Crippen LogP contribution in [0.15, 0.2) is 34.4 Å². The summed E-state index contributed by atoms with van der Waals surface area (Å²) < 4.78 is 8.90. The zero-order valence-electron chi connectivity index (χ0n) is 16.8. The molecule has 152 valence electrons. The van der Waals surface area contributed by atoms with Crippen LogP contribution in [0.2, 0.25) is 0 Å². The molecule has 0 spiro atoms. The van der Waals surface area contributed by atoms with Gasteiger partial charge in [-0.2, -0.15) is 5.10 Å². The number of hydrogen-bond acceptors (Lipinski definition) is 6. The average molecular weight is 404 g/mol. The number of nitrogens with zero attached hydrogens (tertiary/aromatic N) is 3. The number of nitrogens with one attached hydrogen (secondary N) is 2. The van der Waals surface area contributed by atoms with E-state index >= 15 is 0 Å². The first-order valence-corrected chi connectivity index (χ1v) is 10.5. The molecular formula is C20H29N5O2S. The van der Waals surface area contributed by atoms with Gasteiger partial charge in [0.1, 0.15) is 11.6 Å². The predicted molar refractivity (Wildman–Crippen MR) is 111 cm³/mol. The lowest BCUT2D eigenvalue weighted by Crippen LogP contribution is -2.14. The van der Waals surface area contributed by atoms with Crippen LogP contribution in [-0.4, -0.2) is 25.6 Å². The first kappa shape index (κ1) is 21.8. The van der Waals surface area contributed by atoms with Crippen molar-refractivity contribution in [3.8, 4) is 0 Å². The van der Waals surface area contributed by atoms with Crippen molar-refractivity contribution in [1.29, 1.82) is 0 Å². The number of anilines is 1. The molecule has 1 aliphatic rings. The molecule has 0 bridgehead atoms. The second-order valence-electron chi connectivity index (χ2n) is 7.01. The lowest BCUT2D eigenvalue weighted by molar-refractivity contribution is -0.115. The van der Waals surface area contributed by atoms with E-state index in [0.717, 1.165) is 5.69 Å². The van der Waals surface area contributed by atoms with E-state index in [0.29, 0.717) is 17.5 Å². The number of aromatic nitrogens is 4. The minimum Gasteiger partial charge on any atom is -0.361 e. The van der Waals surface area contributed by atoms with E-state index in [4.69, 9.17) is 4.52 Å². The molecule has 3 heterocycles. The van der Waals surface area contributed by atoms with Crippen LogP contribution in [0.3, 0.4) is 0 Å². The number of carbonyl (C=O) groups excluding carboxylic acids is 1. The Morgan fingerprint density at radius 1 is 1.29 bits per heavy atom. The number of amides is 1. The third-order valence-corrected chi connectivity index (χ3v) is 4.76. The maximum absolute atomic E-state index is 11.4. The van der Waals surface area contributed by atoms with Crippen molar-refractivity contribution in [3.05, 3.63) is 46.9 Å². The van der Waals surface area contributed by atoms with Crippen LogP contribution in [0.1, 0.15) is 68.9 Å². The van der Waals surface area contributed by atoms with E-state index in [9.17, 15) is 4.79 Å². The van der Waals surface area contributed by atoms with Crippen LogP contribution in [0.5, 0.6) is 0 Å². The second-order valence-corrected chi connectivity index (χ2v) is 7.67. The number of aryl methyl sites for hydroxylation is 1. The summed E-state index contributed by atoms with van der Waals surface area (Å²) in [7, 11) is 0. The van der Waals surface area contributed by atoms with Crippen LogP contribution in [0.4, 0.5) is 5.82 Å². The molecule has 7 nitrogen and oxygen atoms in total. The Morgan fingerprint density at radius 3 is 2.43 bits per heavy atom. The first-order chi connectivity index (χ1) is 13.5. The molecule has 3 aromatic heterocycles. The molecule has 0 aliphatic heterocycles. The summed E-state index contributed by atoms with van der Waals surface area (Å²) in [4.78, 5) is 11.4. The number of aromatic amines is 1. The minimum absolute atomic E-state index is 0.167. The van der Waals surface area contributed by atoms with Crippen LogP contribution in [-0.2, 0) is 11.2 Å². The molecule has 0 radical (unpaired) electrons. The van der Waals surface area contributed by atoms with Gasteiger partial charge in [0.05, 0.1) is 18.3 Å². The smallest absolute Gasteiger partial charge is 0.233 e. The summed E-state index contributed by atoms with van der Waals surface area (Å²) in [6.45, 7) is 6.15.